The van der Waals surface area contributed by atoms with Gasteiger partial charge in [-0.05, 0) is 63.1 Å². The Morgan fingerprint density at radius 2 is 2.00 bits per heavy atom. The molecule has 36 heavy (non-hydrogen) atoms. The second-order valence-corrected chi connectivity index (χ2v) is 9.88. The first kappa shape index (κ1) is 24.2. The van der Waals surface area contributed by atoms with Crippen LogP contribution >= 0.6 is 0 Å². The predicted octanol–water partition coefficient (Wildman–Crippen LogP) is 4.81. The van der Waals surface area contributed by atoms with Crippen LogP contribution in [0.15, 0.2) is 35.4 Å². The molecular weight excluding hydrogens is 461 g/mol. The Morgan fingerprint density at radius 3 is 2.75 bits per heavy atom. The molecule has 9 heteroatoms. The lowest BCUT2D eigenvalue weighted by Gasteiger charge is -2.29. The Balaban J connectivity index is 1.54. The Kier molecular flexibility index (Phi) is 6.89. The highest BCUT2D eigenvalue weighted by atomic mass is 19.1. The molecule has 5 rings (SSSR count). The summed E-state index contributed by atoms with van der Waals surface area (Å²) >= 11 is 0. The molecule has 2 aliphatic rings. The van der Waals surface area contributed by atoms with Gasteiger partial charge in [0.2, 0.25) is 0 Å². The maximum absolute atomic E-state index is 15.5. The van der Waals surface area contributed by atoms with Crippen molar-refractivity contribution < 1.29 is 13.9 Å². The van der Waals surface area contributed by atoms with Crippen LogP contribution < -0.4 is 15.7 Å². The number of aryl methyl sites for hydroxylation is 2. The highest BCUT2D eigenvalue weighted by Gasteiger charge is 2.27. The summed E-state index contributed by atoms with van der Waals surface area (Å²) in [6, 6.07) is 4.29. The number of carbonyl (C=O) groups is 1. The number of halogens is 1. The number of nitrogens with zero attached hydrogens (tertiary/aromatic N) is 4. The highest BCUT2D eigenvalue weighted by molar-refractivity contribution is 6.06. The third kappa shape index (κ3) is 4.79. The van der Waals surface area contributed by atoms with Gasteiger partial charge in [-0.1, -0.05) is 19.3 Å². The van der Waals surface area contributed by atoms with Crippen molar-refractivity contribution in [2.24, 2.45) is 5.92 Å². The van der Waals surface area contributed by atoms with Gasteiger partial charge in [0.05, 0.1) is 11.7 Å². The molecule has 1 fully saturated rings. The molecule has 0 radical (unpaired) electrons. The van der Waals surface area contributed by atoms with Crippen LogP contribution in [0.25, 0.3) is 5.69 Å². The Bertz CT molecular complexity index is 1330. The number of ether oxygens (including phenoxy) is 1. The number of benzene rings is 1. The van der Waals surface area contributed by atoms with Gasteiger partial charge < -0.3 is 10.1 Å². The number of pyridine rings is 1. The van der Waals surface area contributed by atoms with Gasteiger partial charge in [0.1, 0.15) is 23.1 Å². The molecule has 0 bridgehead atoms. The van der Waals surface area contributed by atoms with Crippen molar-refractivity contribution >= 4 is 11.6 Å². The second-order valence-electron chi connectivity index (χ2n) is 9.88. The van der Waals surface area contributed by atoms with E-state index in [1.165, 1.54) is 12.5 Å². The minimum atomic E-state index is -0.707. The quantitative estimate of drug-likeness (QED) is 0.532. The van der Waals surface area contributed by atoms with Crippen molar-refractivity contribution in [3.63, 3.8) is 0 Å². The lowest BCUT2D eigenvalue weighted by Crippen LogP contribution is -2.28. The normalized spacial score (nSPS) is 16.9. The van der Waals surface area contributed by atoms with Crippen molar-refractivity contribution in [3.05, 3.63) is 63.8 Å². The molecule has 1 atom stereocenters. The van der Waals surface area contributed by atoms with Gasteiger partial charge in [-0.25, -0.2) is 9.18 Å². The monoisotopic (exact) mass is 493 g/mol. The van der Waals surface area contributed by atoms with Crippen LogP contribution in [-0.2, 0) is 13.0 Å². The zero-order valence-corrected chi connectivity index (χ0v) is 20.8. The summed E-state index contributed by atoms with van der Waals surface area (Å²) < 4.78 is 24.5. The number of nitrogens with one attached hydrogen (secondary N) is 1. The zero-order valence-electron chi connectivity index (χ0n) is 20.8. The molecule has 3 aromatic rings. The minimum absolute atomic E-state index is 0.00983. The van der Waals surface area contributed by atoms with E-state index in [-0.39, 0.29) is 28.8 Å². The van der Waals surface area contributed by atoms with Gasteiger partial charge in [0, 0.05) is 37.1 Å². The molecule has 0 saturated heterocycles. The first-order chi connectivity index (χ1) is 17.4. The number of amides is 1. The number of hydrogen-bond acceptors (Lipinski definition) is 5. The largest absolute Gasteiger partial charge is 0.490 e. The average Bonchev–Trinajstić information content (AvgIpc) is 3.23. The van der Waals surface area contributed by atoms with E-state index in [0.717, 1.165) is 54.8 Å². The molecule has 190 valence electrons. The molecule has 1 saturated carbocycles. The first-order valence-corrected chi connectivity index (χ1v) is 12.8. The zero-order chi connectivity index (χ0) is 25.2. The molecule has 2 aromatic heterocycles. The van der Waals surface area contributed by atoms with Crippen molar-refractivity contribution in [2.75, 3.05) is 5.32 Å². The van der Waals surface area contributed by atoms with Crippen LogP contribution in [0.2, 0.25) is 0 Å². The fourth-order valence-electron chi connectivity index (χ4n) is 5.24. The van der Waals surface area contributed by atoms with Crippen molar-refractivity contribution in [3.8, 4) is 11.4 Å². The summed E-state index contributed by atoms with van der Waals surface area (Å²) in [6.45, 7) is 4.40. The first-order valence-electron chi connectivity index (χ1n) is 12.8. The van der Waals surface area contributed by atoms with Crippen LogP contribution in [0.4, 0.5) is 10.1 Å². The molecular formula is C27H32FN5O3. The lowest BCUT2D eigenvalue weighted by molar-refractivity contribution is 0.0997. The number of hydrogen-bond donors (Lipinski definition) is 1. The van der Waals surface area contributed by atoms with Crippen molar-refractivity contribution in [1.82, 2.24) is 19.3 Å². The number of rotatable bonds is 6. The number of carbonyl (C=O) groups excluding carboxylic acids is 1. The van der Waals surface area contributed by atoms with Crippen LogP contribution in [0.5, 0.6) is 5.75 Å². The molecule has 8 nitrogen and oxygen atoms in total. The van der Waals surface area contributed by atoms with Gasteiger partial charge >= 0.3 is 5.69 Å². The summed E-state index contributed by atoms with van der Waals surface area (Å²) in [7, 11) is 0. The fraction of sp³-hybridized carbons (Fsp3) is 0.481. The van der Waals surface area contributed by atoms with Crippen LogP contribution in [0.3, 0.4) is 0 Å². The summed E-state index contributed by atoms with van der Waals surface area (Å²) in [5.74, 6) is 0.0531. The maximum Gasteiger partial charge on any atom is 0.350 e. The predicted molar refractivity (Wildman–Crippen MR) is 134 cm³/mol. The Morgan fingerprint density at radius 1 is 1.19 bits per heavy atom. The van der Waals surface area contributed by atoms with Crippen molar-refractivity contribution in [2.45, 2.75) is 77.9 Å². The molecule has 1 aliphatic carbocycles. The lowest BCUT2D eigenvalue weighted by atomic mass is 9.86. The van der Waals surface area contributed by atoms with Crippen molar-refractivity contribution in [1.29, 1.82) is 0 Å². The van der Waals surface area contributed by atoms with Gasteiger partial charge in [-0.15, -0.1) is 5.10 Å². The molecule has 1 aliphatic heterocycles. The van der Waals surface area contributed by atoms with Crippen LogP contribution in [0.1, 0.15) is 73.6 Å². The Labute approximate surface area is 209 Å². The van der Waals surface area contributed by atoms with Gasteiger partial charge in [0.25, 0.3) is 5.91 Å². The standard InChI is InChI=1S/C27H32FN5O3/c1-17-16-29-12-11-22(17)30-26(34)20-14-21(28)23(33-27(35)32-13-7-6-10-25(32)31-33)15-24(20)36-18(2)19-8-4-3-5-9-19/h11-12,14-16,18-19H,3-10,13H2,1-2H3,(H,29,30,34). The number of aromatic nitrogens is 4. The highest BCUT2D eigenvalue weighted by Crippen LogP contribution is 2.32. The van der Waals surface area contributed by atoms with Crippen LogP contribution in [-0.4, -0.2) is 31.3 Å². The number of fused-ring (bicyclic) bond motifs is 1. The van der Waals surface area contributed by atoms with Gasteiger partial charge in [0.15, 0.2) is 0 Å². The molecule has 0 spiro atoms. The molecule has 1 amide bonds. The second kappa shape index (κ2) is 10.2. The van der Waals surface area contributed by atoms with E-state index in [0.29, 0.717) is 30.4 Å². The van der Waals surface area contributed by atoms with E-state index in [4.69, 9.17) is 4.74 Å². The molecule has 1 aromatic carbocycles. The SMILES string of the molecule is Cc1cnccc1NC(=O)c1cc(F)c(-n2nc3n(c2=O)CCCC3)cc1OC(C)C1CCCCC1. The topological polar surface area (TPSA) is 91.0 Å². The third-order valence-electron chi connectivity index (χ3n) is 7.39. The van der Waals surface area contributed by atoms with E-state index in [1.807, 2.05) is 13.8 Å². The van der Waals surface area contributed by atoms with E-state index < -0.39 is 11.7 Å². The summed E-state index contributed by atoms with van der Waals surface area (Å²) in [4.78, 5) is 30.4. The van der Waals surface area contributed by atoms with E-state index in [9.17, 15) is 9.59 Å². The van der Waals surface area contributed by atoms with E-state index in [2.05, 4.69) is 15.4 Å². The summed E-state index contributed by atoms with van der Waals surface area (Å²) in [5, 5.41) is 7.25. The summed E-state index contributed by atoms with van der Waals surface area (Å²) in [5.41, 5.74) is 1.07. The molecule has 1 N–H and O–H groups in total. The molecule has 1 unspecified atom stereocenters. The smallest absolute Gasteiger partial charge is 0.350 e. The van der Waals surface area contributed by atoms with Crippen LogP contribution in [0, 0.1) is 18.7 Å². The number of anilines is 1. The minimum Gasteiger partial charge on any atom is -0.490 e. The third-order valence-corrected chi connectivity index (χ3v) is 7.39. The fourth-order valence-corrected chi connectivity index (χ4v) is 5.24. The summed E-state index contributed by atoms with van der Waals surface area (Å²) in [6.07, 6.45) is 11.2. The molecule has 3 heterocycles. The maximum atomic E-state index is 15.5. The van der Waals surface area contributed by atoms with Gasteiger partial charge in [-0.3, -0.25) is 14.3 Å². The average molecular weight is 494 g/mol. The van der Waals surface area contributed by atoms with E-state index in [1.54, 1.807) is 23.0 Å². The van der Waals surface area contributed by atoms with E-state index >= 15 is 4.39 Å². The Hall–Kier alpha value is -3.49. The van der Waals surface area contributed by atoms with Gasteiger partial charge in [-0.2, -0.15) is 4.68 Å².